The molecule has 0 radical (unpaired) electrons. The number of ether oxygens (including phenoxy) is 1. The average molecular weight is 485 g/mol. The van der Waals surface area contributed by atoms with E-state index in [-0.39, 0.29) is 22.5 Å². The smallest absolute Gasteiger partial charge is 0.387 e. The number of hydrogen-bond acceptors (Lipinski definition) is 4. The predicted octanol–water partition coefficient (Wildman–Crippen LogP) is 5.91. The molecule has 0 saturated heterocycles. The van der Waals surface area contributed by atoms with Crippen molar-refractivity contribution >= 4 is 22.3 Å². The highest BCUT2D eigenvalue weighted by Crippen LogP contribution is 2.47. The van der Waals surface area contributed by atoms with Gasteiger partial charge in [0.05, 0.1) is 21.1 Å². The number of hydrogen-bond donors (Lipinski definition) is 3. The molecule has 2 N–H and O–H groups in total. The second kappa shape index (κ2) is 9.72. The molecule has 33 heavy (non-hydrogen) atoms. The van der Waals surface area contributed by atoms with E-state index in [2.05, 4.69) is 14.4 Å². The van der Waals surface area contributed by atoms with Gasteiger partial charge in [0.1, 0.15) is 11.6 Å². The van der Waals surface area contributed by atoms with Crippen molar-refractivity contribution in [2.75, 3.05) is 5.32 Å². The SMILES string of the molecule is CC(C)c1cc(OC(F)F)cc(C2CC2)c1NC(=O)/N=[SH](=O)/c1ccc(C(C)(C)O)cc1F. The van der Waals surface area contributed by atoms with Gasteiger partial charge in [-0.1, -0.05) is 19.9 Å². The summed E-state index contributed by atoms with van der Waals surface area (Å²) < 4.78 is 60.7. The van der Waals surface area contributed by atoms with Crippen LogP contribution in [0.1, 0.15) is 69.1 Å². The molecule has 0 aromatic heterocycles. The number of carbonyl (C=O) groups excluding carboxylic acids is 1. The van der Waals surface area contributed by atoms with Crippen molar-refractivity contribution in [3.05, 3.63) is 52.8 Å². The monoisotopic (exact) mass is 484 g/mol. The lowest BCUT2D eigenvalue weighted by Crippen LogP contribution is -2.16. The molecule has 0 bridgehead atoms. The molecule has 3 rings (SSSR count). The normalized spacial score (nSPS) is 15.2. The fourth-order valence-electron chi connectivity index (χ4n) is 3.46. The first-order valence-corrected chi connectivity index (χ1v) is 11.7. The summed E-state index contributed by atoms with van der Waals surface area (Å²) in [7, 11) is -2.75. The Morgan fingerprint density at radius 3 is 2.42 bits per heavy atom. The van der Waals surface area contributed by atoms with Gasteiger partial charge in [0, 0.05) is 5.69 Å². The number of alkyl halides is 2. The number of benzene rings is 2. The number of amides is 2. The summed E-state index contributed by atoms with van der Waals surface area (Å²) in [6.45, 7) is 3.67. The molecule has 0 aliphatic heterocycles. The number of anilines is 1. The molecule has 0 spiro atoms. The third-order valence-electron chi connectivity index (χ3n) is 5.31. The number of thiol groups is 1. The fourth-order valence-corrected chi connectivity index (χ4v) is 4.23. The van der Waals surface area contributed by atoms with Crippen LogP contribution in [0.25, 0.3) is 0 Å². The van der Waals surface area contributed by atoms with E-state index in [0.717, 1.165) is 18.9 Å². The lowest BCUT2D eigenvalue weighted by atomic mass is 9.95. The van der Waals surface area contributed by atoms with Crippen molar-refractivity contribution in [3.63, 3.8) is 0 Å². The standard InChI is InChI=1S/C23H27F3N2O4S/c1-12(2)16-10-15(32-21(25)26)11-17(13-5-6-13)20(16)27-22(29)28-33(31)19-8-7-14(9-18(19)24)23(3,4)30/h7-13,21,30,33H,5-6H2,1-4H3,(H,27,29). The third-order valence-corrected chi connectivity index (χ3v) is 6.45. The molecule has 1 saturated carbocycles. The van der Waals surface area contributed by atoms with Crippen molar-refractivity contribution in [2.45, 2.75) is 69.5 Å². The maximum absolute atomic E-state index is 14.4. The molecular formula is C23H27F3N2O4S. The summed E-state index contributed by atoms with van der Waals surface area (Å²) in [5.74, 6) is -0.896. The topological polar surface area (TPSA) is 88.0 Å². The molecule has 1 atom stereocenters. The molecule has 10 heteroatoms. The van der Waals surface area contributed by atoms with Crippen LogP contribution in [0.4, 0.5) is 23.7 Å². The van der Waals surface area contributed by atoms with Crippen LogP contribution in [0.15, 0.2) is 39.6 Å². The average Bonchev–Trinajstić information content (AvgIpc) is 3.52. The van der Waals surface area contributed by atoms with Crippen LogP contribution >= 0.6 is 0 Å². The van der Waals surface area contributed by atoms with Crippen molar-refractivity contribution < 1.29 is 32.0 Å². The van der Waals surface area contributed by atoms with Crippen molar-refractivity contribution in [3.8, 4) is 5.75 Å². The van der Waals surface area contributed by atoms with Crippen molar-refractivity contribution in [1.29, 1.82) is 0 Å². The lowest BCUT2D eigenvalue weighted by molar-refractivity contribution is -0.0499. The molecule has 6 nitrogen and oxygen atoms in total. The molecule has 1 unspecified atom stereocenters. The summed E-state index contributed by atoms with van der Waals surface area (Å²) in [6, 6.07) is 5.67. The van der Waals surface area contributed by atoms with Crippen molar-refractivity contribution in [2.24, 2.45) is 4.36 Å². The van der Waals surface area contributed by atoms with Crippen LogP contribution in [0, 0.1) is 5.82 Å². The van der Waals surface area contributed by atoms with Gasteiger partial charge in [-0.3, -0.25) is 0 Å². The highest BCUT2D eigenvalue weighted by molar-refractivity contribution is 7.75. The Morgan fingerprint density at radius 2 is 1.91 bits per heavy atom. The quantitative estimate of drug-likeness (QED) is 0.426. The van der Waals surface area contributed by atoms with Crippen LogP contribution in [0.2, 0.25) is 0 Å². The van der Waals surface area contributed by atoms with E-state index < -0.39 is 34.7 Å². The van der Waals surface area contributed by atoms with Crippen LogP contribution in [0.3, 0.4) is 0 Å². The van der Waals surface area contributed by atoms with Crippen LogP contribution in [0.5, 0.6) is 5.75 Å². The van der Waals surface area contributed by atoms with Crippen LogP contribution in [-0.4, -0.2) is 22.0 Å². The van der Waals surface area contributed by atoms with E-state index >= 15 is 0 Å². The highest BCUT2D eigenvalue weighted by Gasteiger charge is 2.30. The number of urea groups is 1. The number of nitrogens with one attached hydrogen (secondary N) is 1. The number of carbonyl (C=O) groups is 1. The molecular weight excluding hydrogens is 457 g/mol. The summed E-state index contributed by atoms with van der Waals surface area (Å²) >= 11 is 0. The zero-order valence-corrected chi connectivity index (χ0v) is 19.6. The maximum atomic E-state index is 14.4. The minimum atomic E-state index is -2.98. The molecule has 0 heterocycles. The summed E-state index contributed by atoms with van der Waals surface area (Å²) in [5, 5.41) is 12.6. The Bertz CT molecular complexity index is 1110. The Morgan fingerprint density at radius 1 is 1.24 bits per heavy atom. The van der Waals surface area contributed by atoms with E-state index in [1.165, 1.54) is 38.1 Å². The number of aliphatic hydroxyl groups is 1. The van der Waals surface area contributed by atoms with Gasteiger partial charge < -0.3 is 15.2 Å². The molecule has 2 amide bonds. The second-order valence-electron chi connectivity index (χ2n) is 8.81. The molecule has 1 aliphatic carbocycles. The molecule has 1 fully saturated rings. The zero-order valence-electron chi connectivity index (χ0n) is 18.7. The van der Waals surface area contributed by atoms with Gasteiger partial charge in [0.25, 0.3) is 0 Å². The van der Waals surface area contributed by atoms with Gasteiger partial charge >= 0.3 is 12.6 Å². The Kier molecular flexibility index (Phi) is 7.38. The van der Waals surface area contributed by atoms with Gasteiger partial charge in [-0.05, 0) is 79.5 Å². The van der Waals surface area contributed by atoms with Gasteiger partial charge in [-0.15, -0.1) is 4.36 Å². The van der Waals surface area contributed by atoms with Crippen LogP contribution < -0.4 is 10.1 Å². The number of rotatable bonds is 7. The first-order valence-electron chi connectivity index (χ1n) is 10.5. The van der Waals surface area contributed by atoms with E-state index in [1.54, 1.807) is 0 Å². The summed E-state index contributed by atoms with van der Waals surface area (Å²) in [6.07, 6.45) is 1.67. The van der Waals surface area contributed by atoms with E-state index in [4.69, 9.17) is 0 Å². The highest BCUT2D eigenvalue weighted by atomic mass is 32.2. The minimum absolute atomic E-state index is 0.00517. The number of nitrogens with zero attached hydrogens (tertiary/aromatic N) is 1. The lowest BCUT2D eigenvalue weighted by Gasteiger charge is -2.19. The third kappa shape index (κ3) is 6.26. The first kappa shape index (κ1) is 25.0. The van der Waals surface area contributed by atoms with Gasteiger partial charge in [0.2, 0.25) is 0 Å². The summed E-state index contributed by atoms with van der Waals surface area (Å²) in [4.78, 5) is 12.3. The van der Waals surface area contributed by atoms with Gasteiger partial charge in [0.15, 0.2) is 0 Å². The van der Waals surface area contributed by atoms with E-state index in [0.29, 0.717) is 22.4 Å². The van der Waals surface area contributed by atoms with Crippen molar-refractivity contribution in [1.82, 2.24) is 0 Å². The molecule has 1 aliphatic rings. The second-order valence-corrected chi connectivity index (χ2v) is 10.0. The van der Waals surface area contributed by atoms with Crippen LogP contribution in [-0.2, 0) is 16.2 Å². The Balaban J connectivity index is 1.92. The van der Waals surface area contributed by atoms with E-state index in [9.17, 15) is 27.3 Å². The predicted molar refractivity (Wildman–Crippen MR) is 120 cm³/mol. The Labute approximate surface area is 192 Å². The first-order chi connectivity index (χ1) is 15.4. The maximum Gasteiger partial charge on any atom is 0.387 e. The number of halogens is 3. The van der Waals surface area contributed by atoms with Gasteiger partial charge in [-0.25, -0.2) is 13.4 Å². The molecule has 2 aromatic rings. The fraction of sp³-hybridized carbons (Fsp3) is 0.435. The summed E-state index contributed by atoms with van der Waals surface area (Å²) in [5.41, 5.74) is 0.653. The van der Waals surface area contributed by atoms with Gasteiger partial charge in [-0.2, -0.15) is 8.78 Å². The molecule has 180 valence electrons. The zero-order chi connectivity index (χ0) is 24.5. The molecule has 2 aromatic carbocycles. The largest absolute Gasteiger partial charge is 0.435 e. The minimum Gasteiger partial charge on any atom is -0.435 e. The Hall–Kier alpha value is -2.59. The van der Waals surface area contributed by atoms with E-state index in [1.807, 2.05) is 13.8 Å².